The standard InChI is InChI=1S/C27H31N5O5S2/c1-17(2)32(15-18-7-5-4-6-8-18)39(36,37)20-11-9-19(10-12-20)24(33)29-26-23(25(34)30-27(28)35)21-13-14-31(3)16-22(21)38-26/h4-12,17H,13-16H2,1-3H3,(H,29,33)(H3,28,30,34,35). The van der Waals surface area contributed by atoms with E-state index < -0.39 is 27.9 Å². The van der Waals surface area contributed by atoms with E-state index in [9.17, 15) is 22.8 Å². The smallest absolute Gasteiger partial charge is 0.319 e. The van der Waals surface area contributed by atoms with Gasteiger partial charge in [-0.25, -0.2) is 13.2 Å². The molecule has 10 nitrogen and oxygen atoms in total. The van der Waals surface area contributed by atoms with Gasteiger partial charge in [-0.15, -0.1) is 11.3 Å². The zero-order chi connectivity index (χ0) is 28.3. The Labute approximate surface area is 231 Å². The summed E-state index contributed by atoms with van der Waals surface area (Å²) in [6.07, 6.45) is 0.585. The zero-order valence-corrected chi connectivity index (χ0v) is 23.6. The van der Waals surface area contributed by atoms with Crippen LogP contribution in [0.25, 0.3) is 0 Å². The topological polar surface area (TPSA) is 142 Å². The lowest BCUT2D eigenvalue weighted by atomic mass is 10.0. The summed E-state index contributed by atoms with van der Waals surface area (Å²) < 4.78 is 28.3. The summed E-state index contributed by atoms with van der Waals surface area (Å²) in [6, 6.07) is 13.8. The maximum atomic E-state index is 13.4. The van der Waals surface area contributed by atoms with Gasteiger partial charge < -0.3 is 16.0 Å². The summed E-state index contributed by atoms with van der Waals surface area (Å²) in [4.78, 5) is 40.3. The summed E-state index contributed by atoms with van der Waals surface area (Å²) in [7, 11) is -1.88. The molecule has 0 fully saturated rings. The second kappa shape index (κ2) is 11.7. The van der Waals surface area contributed by atoms with Crippen LogP contribution in [0.1, 0.15) is 50.6 Å². The van der Waals surface area contributed by atoms with Crippen LogP contribution in [-0.2, 0) is 29.5 Å². The van der Waals surface area contributed by atoms with Crippen molar-refractivity contribution in [3.8, 4) is 0 Å². The maximum absolute atomic E-state index is 13.4. The first-order chi connectivity index (χ1) is 18.5. The van der Waals surface area contributed by atoms with E-state index in [1.807, 2.05) is 51.2 Å². The number of anilines is 1. The van der Waals surface area contributed by atoms with E-state index in [2.05, 4.69) is 15.5 Å². The molecule has 0 bridgehead atoms. The third-order valence-corrected chi connectivity index (χ3v) is 9.59. The number of urea groups is 1. The van der Waals surface area contributed by atoms with Crippen LogP contribution in [0.5, 0.6) is 0 Å². The molecule has 0 spiro atoms. The Morgan fingerprint density at radius 3 is 2.33 bits per heavy atom. The Morgan fingerprint density at radius 2 is 1.72 bits per heavy atom. The second-order valence-electron chi connectivity index (χ2n) is 9.62. The quantitative estimate of drug-likeness (QED) is 0.380. The van der Waals surface area contributed by atoms with Gasteiger partial charge in [0.2, 0.25) is 10.0 Å². The van der Waals surface area contributed by atoms with Crippen molar-refractivity contribution in [1.82, 2.24) is 14.5 Å². The molecule has 39 heavy (non-hydrogen) atoms. The molecular weight excluding hydrogens is 538 g/mol. The second-order valence-corrected chi connectivity index (χ2v) is 12.6. The minimum atomic E-state index is -3.83. The molecule has 2 heterocycles. The number of sulfonamides is 1. The van der Waals surface area contributed by atoms with Gasteiger partial charge in [0, 0.05) is 36.1 Å². The Bertz CT molecular complexity index is 1480. The largest absolute Gasteiger partial charge is 0.351 e. The molecular formula is C27H31N5O5S2. The number of hydrogen-bond acceptors (Lipinski definition) is 7. The molecule has 12 heteroatoms. The van der Waals surface area contributed by atoms with Gasteiger partial charge in [0.25, 0.3) is 11.8 Å². The molecule has 0 radical (unpaired) electrons. The number of benzene rings is 2. The van der Waals surface area contributed by atoms with Gasteiger partial charge in [-0.05, 0) is 62.7 Å². The lowest BCUT2D eigenvalue weighted by Crippen LogP contribution is -2.36. The van der Waals surface area contributed by atoms with Gasteiger partial charge in [0.1, 0.15) is 5.00 Å². The number of fused-ring (bicyclic) bond motifs is 1. The predicted octanol–water partition coefficient (Wildman–Crippen LogP) is 3.40. The molecule has 0 atom stereocenters. The third kappa shape index (κ3) is 6.36. The fraction of sp³-hybridized carbons (Fsp3) is 0.296. The van der Waals surface area contributed by atoms with E-state index in [4.69, 9.17) is 5.73 Å². The van der Waals surface area contributed by atoms with E-state index in [0.29, 0.717) is 18.0 Å². The Balaban J connectivity index is 1.57. The molecule has 4 amide bonds. The number of nitrogens with zero attached hydrogens (tertiary/aromatic N) is 2. The minimum Gasteiger partial charge on any atom is -0.351 e. The number of carbonyl (C=O) groups is 3. The van der Waals surface area contributed by atoms with Crippen molar-refractivity contribution in [2.45, 2.75) is 44.3 Å². The zero-order valence-electron chi connectivity index (χ0n) is 21.9. The number of hydrogen-bond donors (Lipinski definition) is 3. The highest BCUT2D eigenvalue weighted by atomic mass is 32.2. The molecule has 1 aliphatic rings. The van der Waals surface area contributed by atoms with Crippen LogP contribution in [0.15, 0.2) is 59.5 Å². The summed E-state index contributed by atoms with van der Waals surface area (Å²) >= 11 is 1.27. The van der Waals surface area contributed by atoms with Crippen LogP contribution in [0.2, 0.25) is 0 Å². The van der Waals surface area contributed by atoms with E-state index in [1.165, 1.54) is 39.9 Å². The molecule has 0 saturated heterocycles. The summed E-state index contributed by atoms with van der Waals surface area (Å²) in [5.41, 5.74) is 7.25. The van der Waals surface area contributed by atoms with Crippen LogP contribution in [-0.4, -0.2) is 55.1 Å². The molecule has 0 unspecified atom stereocenters. The van der Waals surface area contributed by atoms with E-state index in [1.54, 1.807) is 0 Å². The van der Waals surface area contributed by atoms with Crippen LogP contribution in [0.4, 0.5) is 9.80 Å². The number of primary amides is 1. The first-order valence-corrected chi connectivity index (χ1v) is 14.6. The summed E-state index contributed by atoms with van der Waals surface area (Å²) in [5, 5.41) is 5.17. The summed E-state index contributed by atoms with van der Waals surface area (Å²) in [5.74, 6) is -1.18. The van der Waals surface area contributed by atoms with Gasteiger partial charge in [0.15, 0.2) is 0 Å². The highest BCUT2D eigenvalue weighted by molar-refractivity contribution is 7.89. The number of likely N-dealkylation sites (N-methyl/N-ethyl adjacent to an activating group) is 1. The highest BCUT2D eigenvalue weighted by Gasteiger charge is 2.30. The predicted molar refractivity (Wildman–Crippen MR) is 150 cm³/mol. The number of nitrogens with one attached hydrogen (secondary N) is 2. The average molecular weight is 570 g/mol. The summed E-state index contributed by atoms with van der Waals surface area (Å²) in [6.45, 7) is 5.17. The number of imide groups is 1. The highest BCUT2D eigenvalue weighted by Crippen LogP contribution is 2.37. The van der Waals surface area contributed by atoms with Crippen molar-refractivity contribution in [2.75, 3.05) is 18.9 Å². The number of nitrogens with two attached hydrogens (primary N) is 1. The molecule has 2 aromatic carbocycles. The van der Waals surface area contributed by atoms with E-state index in [0.717, 1.165) is 22.5 Å². The molecule has 4 N–H and O–H groups in total. The molecule has 0 saturated carbocycles. The van der Waals surface area contributed by atoms with Gasteiger partial charge in [0.05, 0.1) is 10.5 Å². The van der Waals surface area contributed by atoms with Crippen LogP contribution >= 0.6 is 11.3 Å². The number of thiophene rings is 1. The van der Waals surface area contributed by atoms with Gasteiger partial charge >= 0.3 is 6.03 Å². The minimum absolute atomic E-state index is 0.0693. The first-order valence-electron chi connectivity index (χ1n) is 12.4. The number of amides is 4. The Kier molecular flexibility index (Phi) is 8.50. The lowest BCUT2D eigenvalue weighted by molar-refractivity contribution is 0.0966. The van der Waals surface area contributed by atoms with Crippen molar-refractivity contribution < 1.29 is 22.8 Å². The molecule has 1 aromatic heterocycles. The molecule has 3 aromatic rings. The molecule has 4 rings (SSSR count). The van der Waals surface area contributed by atoms with Crippen molar-refractivity contribution in [3.05, 3.63) is 81.7 Å². The molecule has 1 aliphatic heterocycles. The average Bonchev–Trinajstić information content (AvgIpc) is 3.24. The van der Waals surface area contributed by atoms with Gasteiger partial charge in [-0.1, -0.05) is 30.3 Å². The molecule has 0 aliphatic carbocycles. The van der Waals surface area contributed by atoms with Gasteiger partial charge in [-0.3, -0.25) is 14.9 Å². The van der Waals surface area contributed by atoms with E-state index in [-0.39, 0.29) is 28.6 Å². The van der Waals surface area contributed by atoms with Crippen LogP contribution in [0.3, 0.4) is 0 Å². The van der Waals surface area contributed by atoms with Crippen LogP contribution < -0.4 is 16.4 Å². The van der Waals surface area contributed by atoms with Crippen molar-refractivity contribution in [1.29, 1.82) is 0 Å². The normalized spacial score (nSPS) is 13.8. The molecule has 206 valence electrons. The monoisotopic (exact) mass is 569 g/mol. The number of rotatable bonds is 8. The van der Waals surface area contributed by atoms with Crippen molar-refractivity contribution >= 4 is 44.2 Å². The maximum Gasteiger partial charge on any atom is 0.319 e. The van der Waals surface area contributed by atoms with Gasteiger partial charge in [-0.2, -0.15) is 4.31 Å². The lowest BCUT2D eigenvalue weighted by Gasteiger charge is -2.26. The fourth-order valence-electron chi connectivity index (χ4n) is 4.43. The Hall–Kier alpha value is -3.58. The third-order valence-electron chi connectivity index (χ3n) is 6.42. The Morgan fingerprint density at radius 1 is 1.05 bits per heavy atom. The van der Waals surface area contributed by atoms with Crippen molar-refractivity contribution in [2.24, 2.45) is 5.73 Å². The fourth-order valence-corrected chi connectivity index (χ4v) is 7.38. The van der Waals surface area contributed by atoms with E-state index >= 15 is 0 Å². The SMILES string of the molecule is CC(C)N(Cc1ccccc1)S(=O)(=O)c1ccc(C(=O)Nc2sc3c(c2C(=O)NC(N)=O)CCN(C)C3)cc1. The van der Waals surface area contributed by atoms with Crippen LogP contribution in [0, 0.1) is 0 Å². The first kappa shape index (κ1) is 28.4. The number of carbonyl (C=O) groups excluding carboxylic acids is 3. The van der Waals surface area contributed by atoms with Crippen molar-refractivity contribution in [3.63, 3.8) is 0 Å².